The fraction of sp³-hybridized carbons (Fsp3) is 0.588. The molecular weight excluding hydrogens is 282 g/mol. The largest absolute Gasteiger partial charge is 0.469 e. The molecule has 0 spiro atoms. The second kappa shape index (κ2) is 8.44. The van der Waals surface area contributed by atoms with E-state index in [0.717, 1.165) is 5.56 Å². The molecule has 0 heterocycles. The third-order valence-electron chi connectivity index (χ3n) is 4.28. The van der Waals surface area contributed by atoms with E-state index in [1.165, 1.54) is 32.8 Å². The molecule has 0 aromatic heterocycles. The Hall–Kier alpha value is -1.00. The Bertz CT molecular complexity index is 438. The second-order valence-corrected chi connectivity index (χ2v) is 6.64. The molecule has 0 aliphatic heterocycles. The lowest BCUT2D eigenvalue weighted by Gasteiger charge is -2.32. The van der Waals surface area contributed by atoms with Crippen LogP contribution in [0, 0.1) is 0 Å². The van der Waals surface area contributed by atoms with Gasteiger partial charge in [-0.2, -0.15) is 11.8 Å². The third-order valence-corrected chi connectivity index (χ3v) is 5.45. The van der Waals surface area contributed by atoms with E-state index in [2.05, 4.69) is 11.6 Å². The molecule has 0 amide bonds. The van der Waals surface area contributed by atoms with Crippen molar-refractivity contribution in [1.29, 1.82) is 0 Å². The molecule has 3 nitrogen and oxygen atoms in total. The number of rotatable bonds is 6. The molecule has 21 heavy (non-hydrogen) atoms. The SMILES string of the molecule is COC(=O)C(CNC1CCCCC1SC)c1ccccc1. The first-order valence-corrected chi connectivity index (χ1v) is 8.94. The second-order valence-electron chi connectivity index (χ2n) is 5.56. The Kier molecular flexibility index (Phi) is 6.58. The summed E-state index contributed by atoms with van der Waals surface area (Å²) in [5.74, 6) is -0.383. The lowest BCUT2D eigenvalue weighted by atomic mass is 9.93. The fourth-order valence-corrected chi connectivity index (χ4v) is 4.01. The highest BCUT2D eigenvalue weighted by atomic mass is 32.2. The van der Waals surface area contributed by atoms with Crippen LogP contribution < -0.4 is 5.32 Å². The zero-order valence-electron chi connectivity index (χ0n) is 12.9. The van der Waals surface area contributed by atoms with Gasteiger partial charge in [-0.25, -0.2) is 0 Å². The Balaban J connectivity index is 2.00. The zero-order valence-corrected chi connectivity index (χ0v) is 13.7. The summed E-state index contributed by atoms with van der Waals surface area (Å²) in [7, 11) is 1.46. The number of carbonyl (C=O) groups is 1. The quantitative estimate of drug-likeness (QED) is 0.819. The summed E-state index contributed by atoms with van der Waals surface area (Å²) in [5.41, 5.74) is 1.02. The summed E-state index contributed by atoms with van der Waals surface area (Å²) in [6, 6.07) is 10.4. The topological polar surface area (TPSA) is 38.3 Å². The molecule has 3 atom stereocenters. The van der Waals surface area contributed by atoms with Gasteiger partial charge in [-0.3, -0.25) is 4.79 Å². The number of esters is 1. The number of methoxy groups -OCH3 is 1. The van der Waals surface area contributed by atoms with E-state index < -0.39 is 0 Å². The molecule has 116 valence electrons. The van der Waals surface area contributed by atoms with Crippen LogP contribution in [0.25, 0.3) is 0 Å². The van der Waals surface area contributed by atoms with E-state index in [9.17, 15) is 4.79 Å². The molecule has 1 aliphatic carbocycles. The molecule has 1 fully saturated rings. The first-order valence-electron chi connectivity index (χ1n) is 7.65. The van der Waals surface area contributed by atoms with Gasteiger partial charge >= 0.3 is 5.97 Å². The lowest BCUT2D eigenvalue weighted by molar-refractivity contribution is -0.142. The molecule has 0 saturated heterocycles. The summed E-state index contributed by atoms with van der Waals surface area (Å²) in [5, 5.41) is 4.27. The normalized spacial score (nSPS) is 23.5. The highest BCUT2D eigenvalue weighted by Crippen LogP contribution is 2.27. The molecular formula is C17H25NO2S. The van der Waals surface area contributed by atoms with Gasteiger partial charge in [0.25, 0.3) is 0 Å². The first kappa shape index (κ1) is 16.4. The number of carbonyl (C=O) groups excluding carboxylic acids is 1. The van der Waals surface area contributed by atoms with Crippen molar-refractivity contribution in [2.45, 2.75) is 42.9 Å². The van der Waals surface area contributed by atoms with Crippen molar-refractivity contribution in [3.05, 3.63) is 35.9 Å². The van der Waals surface area contributed by atoms with Gasteiger partial charge < -0.3 is 10.1 Å². The lowest BCUT2D eigenvalue weighted by Crippen LogP contribution is -2.43. The van der Waals surface area contributed by atoms with Gasteiger partial charge in [-0.05, 0) is 24.7 Å². The molecule has 1 N–H and O–H groups in total. The summed E-state index contributed by atoms with van der Waals surface area (Å²) in [6.07, 6.45) is 7.26. The van der Waals surface area contributed by atoms with Gasteiger partial charge in [-0.1, -0.05) is 43.2 Å². The van der Waals surface area contributed by atoms with E-state index in [0.29, 0.717) is 17.8 Å². The predicted molar refractivity (Wildman–Crippen MR) is 88.8 cm³/mol. The maximum atomic E-state index is 12.1. The minimum Gasteiger partial charge on any atom is -0.469 e. The molecule has 1 aliphatic rings. The maximum absolute atomic E-state index is 12.1. The average Bonchev–Trinajstić information content (AvgIpc) is 2.56. The van der Waals surface area contributed by atoms with Crippen molar-refractivity contribution in [2.24, 2.45) is 0 Å². The highest BCUT2D eigenvalue weighted by Gasteiger charge is 2.27. The summed E-state index contributed by atoms with van der Waals surface area (Å²) in [6.45, 7) is 0.651. The number of hydrogen-bond donors (Lipinski definition) is 1. The van der Waals surface area contributed by atoms with E-state index in [4.69, 9.17) is 4.74 Å². The molecule has 2 rings (SSSR count). The van der Waals surface area contributed by atoms with Crippen LogP contribution in [0.5, 0.6) is 0 Å². The summed E-state index contributed by atoms with van der Waals surface area (Å²) in [4.78, 5) is 12.1. The third kappa shape index (κ3) is 4.48. The molecule has 4 heteroatoms. The molecule has 1 aromatic carbocycles. The van der Waals surface area contributed by atoms with Crippen LogP contribution >= 0.6 is 11.8 Å². The van der Waals surface area contributed by atoms with Gasteiger partial charge in [0, 0.05) is 17.8 Å². The van der Waals surface area contributed by atoms with Crippen LogP contribution in [-0.4, -0.2) is 37.2 Å². The fourth-order valence-electron chi connectivity index (χ4n) is 3.05. The highest BCUT2D eigenvalue weighted by molar-refractivity contribution is 7.99. The maximum Gasteiger partial charge on any atom is 0.314 e. The van der Waals surface area contributed by atoms with Gasteiger partial charge in [0.2, 0.25) is 0 Å². The number of thioether (sulfide) groups is 1. The molecule has 1 saturated carbocycles. The number of nitrogens with one attached hydrogen (secondary N) is 1. The smallest absolute Gasteiger partial charge is 0.314 e. The van der Waals surface area contributed by atoms with Crippen molar-refractivity contribution in [2.75, 3.05) is 19.9 Å². The van der Waals surface area contributed by atoms with Crippen molar-refractivity contribution in [3.8, 4) is 0 Å². The van der Waals surface area contributed by atoms with Crippen LogP contribution in [0.4, 0.5) is 0 Å². The Morgan fingerprint density at radius 1 is 1.33 bits per heavy atom. The van der Waals surface area contributed by atoms with Crippen LogP contribution in [0.2, 0.25) is 0 Å². The molecule has 0 radical (unpaired) electrons. The van der Waals surface area contributed by atoms with Crippen molar-refractivity contribution >= 4 is 17.7 Å². The molecule has 1 aromatic rings. The van der Waals surface area contributed by atoms with Gasteiger partial charge in [0.05, 0.1) is 13.0 Å². The minimum absolute atomic E-state index is 0.162. The van der Waals surface area contributed by atoms with Gasteiger partial charge in [-0.15, -0.1) is 0 Å². The number of hydrogen-bond acceptors (Lipinski definition) is 4. The first-order chi connectivity index (χ1) is 10.3. The van der Waals surface area contributed by atoms with Gasteiger partial charge in [0.1, 0.15) is 0 Å². The molecule has 0 bridgehead atoms. The Labute approximate surface area is 131 Å². The summed E-state index contributed by atoms with van der Waals surface area (Å²) >= 11 is 1.94. The van der Waals surface area contributed by atoms with Crippen LogP contribution in [0.3, 0.4) is 0 Å². The van der Waals surface area contributed by atoms with E-state index in [1.807, 2.05) is 42.1 Å². The van der Waals surface area contributed by atoms with Crippen molar-refractivity contribution in [1.82, 2.24) is 5.32 Å². The zero-order chi connectivity index (χ0) is 15.1. The van der Waals surface area contributed by atoms with Crippen LogP contribution in [-0.2, 0) is 9.53 Å². The average molecular weight is 307 g/mol. The van der Waals surface area contributed by atoms with E-state index in [1.54, 1.807) is 0 Å². The van der Waals surface area contributed by atoms with Gasteiger partial charge in [0.15, 0.2) is 0 Å². The summed E-state index contributed by atoms with van der Waals surface area (Å²) < 4.78 is 4.98. The number of benzene rings is 1. The van der Waals surface area contributed by atoms with E-state index >= 15 is 0 Å². The van der Waals surface area contributed by atoms with Crippen LogP contribution in [0.1, 0.15) is 37.2 Å². The predicted octanol–water partition coefficient (Wildman–Crippen LogP) is 3.21. The Morgan fingerprint density at radius 3 is 2.71 bits per heavy atom. The van der Waals surface area contributed by atoms with Crippen molar-refractivity contribution < 1.29 is 9.53 Å². The van der Waals surface area contributed by atoms with Crippen LogP contribution in [0.15, 0.2) is 30.3 Å². The van der Waals surface area contributed by atoms with E-state index in [-0.39, 0.29) is 11.9 Å². The van der Waals surface area contributed by atoms with Crippen molar-refractivity contribution in [3.63, 3.8) is 0 Å². The Morgan fingerprint density at radius 2 is 2.05 bits per heavy atom. The minimum atomic E-state index is -0.222. The monoisotopic (exact) mass is 307 g/mol. The standard InChI is InChI=1S/C17H25NO2S/c1-20-17(19)14(13-8-4-3-5-9-13)12-18-15-10-6-7-11-16(15)21-2/h3-5,8-9,14-16,18H,6-7,10-12H2,1-2H3. The number of ether oxygens (including phenoxy) is 1. The molecule has 3 unspecified atom stereocenters.